The highest BCUT2D eigenvalue weighted by Crippen LogP contribution is 2.55. The lowest BCUT2D eigenvalue weighted by molar-refractivity contribution is -0.0592. The number of nitrogens with one attached hydrogen (secondary N) is 1. The van der Waals surface area contributed by atoms with Gasteiger partial charge in [0.05, 0.1) is 31.9 Å². The molecule has 3 unspecified atom stereocenters. The van der Waals surface area contributed by atoms with Gasteiger partial charge in [-0.2, -0.15) is 4.98 Å². The van der Waals surface area contributed by atoms with Gasteiger partial charge in [-0.05, 0) is 6.42 Å². The first-order valence-electron chi connectivity index (χ1n) is 13.3. The summed E-state index contributed by atoms with van der Waals surface area (Å²) in [6.07, 6.45) is -6.76. The molecule has 10 atom stereocenters. The Bertz CT molecular complexity index is 1940. The average molecular weight is 674 g/mol. The summed E-state index contributed by atoms with van der Waals surface area (Å²) in [4.78, 5) is 55.7. The first kappa shape index (κ1) is 30.2. The SMILES string of the molecule is Nc1nc2c(ncn2[C@@H]2C[C@@H]3COP(=O)(O)O[C@@H]4C(F)[C@H](n5cnc6c(N)ncnc65)O[C@@H]4COP(=O)(O)O[C@@H]3[C@@H]2O)c(=O)[nH]1. The molecule has 3 fully saturated rings. The number of H-pyrrole nitrogens is 1. The Labute approximate surface area is 249 Å². The number of aromatic nitrogens is 8. The molecule has 0 bridgehead atoms. The van der Waals surface area contributed by atoms with E-state index in [9.17, 15) is 28.8 Å². The fraction of sp³-hybridized carbons (Fsp3) is 0.524. The fourth-order valence-electron chi connectivity index (χ4n) is 5.82. The van der Waals surface area contributed by atoms with Crippen LogP contribution in [0.25, 0.3) is 22.3 Å². The quantitative estimate of drug-likeness (QED) is 0.143. The van der Waals surface area contributed by atoms with E-state index < -0.39 is 83.2 Å². The molecule has 242 valence electrons. The number of rotatable bonds is 2. The summed E-state index contributed by atoms with van der Waals surface area (Å²) in [5.74, 6) is -1.24. The van der Waals surface area contributed by atoms with Gasteiger partial charge in [0.25, 0.3) is 5.56 Å². The van der Waals surface area contributed by atoms with E-state index in [1.54, 1.807) is 0 Å². The van der Waals surface area contributed by atoms with Crippen LogP contribution >= 0.6 is 15.6 Å². The zero-order chi connectivity index (χ0) is 31.8. The summed E-state index contributed by atoms with van der Waals surface area (Å²) in [6.45, 7) is -1.51. The molecule has 0 spiro atoms. The van der Waals surface area contributed by atoms with Crippen molar-refractivity contribution in [3.05, 3.63) is 29.3 Å². The van der Waals surface area contributed by atoms with Crippen LogP contribution in [0.4, 0.5) is 16.2 Å². The number of nitrogens with two attached hydrogens (primary N) is 2. The molecule has 4 aromatic rings. The Kier molecular flexibility index (Phi) is 7.28. The van der Waals surface area contributed by atoms with Gasteiger partial charge in [-0.1, -0.05) is 0 Å². The molecule has 24 heteroatoms. The monoisotopic (exact) mass is 674 g/mol. The number of phosphoric acid groups is 2. The van der Waals surface area contributed by atoms with Crippen molar-refractivity contribution in [3.8, 4) is 0 Å². The van der Waals surface area contributed by atoms with Gasteiger partial charge in [0.15, 0.2) is 35.0 Å². The number of anilines is 2. The number of nitrogen functional groups attached to an aromatic ring is 2. The Morgan fingerprint density at radius 3 is 2.42 bits per heavy atom. The minimum atomic E-state index is -5.05. The highest BCUT2D eigenvalue weighted by atomic mass is 31.2. The molecule has 0 aromatic carbocycles. The third-order valence-corrected chi connectivity index (χ3v) is 9.81. The smallest absolute Gasteiger partial charge is 0.388 e. The van der Waals surface area contributed by atoms with Crippen molar-refractivity contribution in [2.45, 2.75) is 49.3 Å². The highest BCUT2D eigenvalue weighted by Gasteiger charge is 2.54. The normalized spacial score (nSPS) is 37.7. The number of phosphoric ester groups is 2. The Morgan fingerprint density at radius 1 is 0.956 bits per heavy atom. The Balaban J connectivity index is 1.17. The average Bonchev–Trinajstić information content (AvgIpc) is 3.72. The van der Waals surface area contributed by atoms with E-state index >= 15 is 4.39 Å². The second-order valence-electron chi connectivity index (χ2n) is 10.6. The number of halogens is 1. The van der Waals surface area contributed by atoms with Crippen molar-refractivity contribution in [1.29, 1.82) is 0 Å². The van der Waals surface area contributed by atoms with Crippen molar-refractivity contribution >= 4 is 49.7 Å². The number of aromatic amines is 1. The molecule has 6 heterocycles. The predicted octanol–water partition coefficient (Wildman–Crippen LogP) is -0.701. The molecule has 7 rings (SSSR count). The first-order chi connectivity index (χ1) is 21.3. The topological polar surface area (TPSA) is 300 Å². The third-order valence-electron chi connectivity index (χ3n) is 7.84. The lowest BCUT2D eigenvalue weighted by Crippen LogP contribution is -2.36. The van der Waals surface area contributed by atoms with E-state index in [1.165, 1.54) is 17.2 Å². The van der Waals surface area contributed by atoms with Crippen LogP contribution in [-0.2, 0) is 32.0 Å². The number of fused-ring (bicyclic) bond motifs is 4. The summed E-state index contributed by atoms with van der Waals surface area (Å²) < 4.78 is 71.1. The van der Waals surface area contributed by atoms with Crippen LogP contribution in [0.3, 0.4) is 0 Å². The van der Waals surface area contributed by atoms with E-state index in [4.69, 9.17) is 34.3 Å². The van der Waals surface area contributed by atoms with E-state index in [2.05, 4.69) is 29.9 Å². The third kappa shape index (κ3) is 5.31. The number of aliphatic hydroxyl groups excluding tert-OH is 1. The molecule has 0 amide bonds. The molecule has 1 aliphatic carbocycles. The van der Waals surface area contributed by atoms with Gasteiger partial charge >= 0.3 is 15.6 Å². The van der Waals surface area contributed by atoms with Gasteiger partial charge in [0, 0.05) is 5.92 Å². The standard InChI is InChI=1S/C21H25FN10O11P2/c22-10-15-9(41-20(10)32-6-27-11-16(23)25-4-26-17(11)32)3-40-45(37,38)42-14-7(2-39-44(35,36)43-15)1-8(13(14)33)31-5-28-12-18(31)29-21(24)30-19(12)34/h4-10,13-15,20,33H,1-3H2,(H,35,36)(H,37,38)(H2,23,25,26)(H3,24,29,30,34)/t7-,8-,9-,10?,13-,14+,15+,20-/m1/s1. The molecule has 21 nitrogen and oxygen atoms in total. The summed E-state index contributed by atoms with van der Waals surface area (Å²) >= 11 is 0. The van der Waals surface area contributed by atoms with Crippen LogP contribution in [0.5, 0.6) is 0 Å². The molecule has 8 N–H and O–H groups in total. The first-order valence-corrected chi connectivity index (χ1v) is 16.3. The number of imidazole rings is 2. The van der Waals surface area contributed by atoms with Gasteiger partial charge in [0.2, 0.25) is 5.95 Å². The van der Waals surface area contributed by atoms with Gasteiger partial charge in [-0.25, -0.2) is 33.5 Å². The minimum absolute atomic E-state index is 0.00599. The van der Waals surface area contributed by atoms with Gasteiger partial charge in [-0.15, -0.1) is 0 Å². The number of ether oxygens (including phenoxy) is 1. The highest BCUT2D eigenvalue weighted by molar-refractivity contribution is 7.47. The molecule has 2 aliphatic heterocycles. The van der Waals surface area contributed by atoms with Crippen LogP contribution in [0.2, 0.25) is 0 Å². The molecule has 0 radical (unpaired) electrons. The Morgan fingerprint density at radius 2 is 1.64 bits per heavy atom. The summed E-state index contributed by atoms with van der Waals surface area (Å²) in [5, 5.41) is 11.2. The maximum atomic E-state index is 15.9. The van der Waals surface area contributed by atoms with E-state index in [0.717, 1.165) is 10.9 Å². The summed E-state index contributed by atoms with van der Waals surface area (Å²) in [7, 11) is -10.1. The van der Waals surface area contributed by atoms with Crippen LogP contribution in [0.15, 0.2) is 23.8 Å². The number of aliphatic hydroxyl groups is 1. The zero-order valence-corrected chi connectivity index (χ0v) is 24.4. The van der Waals surface area contributed by atoms with Crippen molar-refractivity contribution in [1.82, 2.24) is 39.0 Å². The molecular formula is C21H25FN10O11P2. The number of hydrogen-bond acceptors (Lipinski definition) is 16. The van der Waals surface area contributed by atoms with Gasteiger partial charge in [0.1, 0.15) is 36.3 Å². The predicted molar refractivity (Wildman–Crippen MR) is 146 cm³/mol. The van der Waals surface area contributed by atoms with E-state index in [0.29, 0.717) is 0 Å². The largest absolute Gasteiger partial charge is 0.472 e. The van der Waals surface area contributed by atoms with Gasteiger partial charge < -0.3 is 35.7 Å². The number of alkyl halides is 1. The second kappa shape index (κ2) is 10.8. The second-order valence-corrected chi connectivity index (χ2v) is 13.4. The van der Waals surface area contributed by atoms with Crippen LogP contribution < -0.4 is 17.0 Å². The van der Waals surface area contributed by atoms with Crippen LogP contribution in [0.1, 0.15) is 18.7 Å². The fourth-order valence-corrected chi connectivity index (χ4v) is 7.82. The lowest BCUT2D eigenvalue weighted by Gasteiger charge is -2.28. The van der Waals surface area contributed by atoms with Crippen LogP contribution in [0, 0.1) is 5.92 Å². The van der Waals surface area contributed by atoms with Gasteiger partial charge in [-0.3, -0.25) is 32.4 Å². The minimum Gasteiger partial charge on any atom is -0.388 e. The number of nitrogens with zero attached hydrogens (tertiary/aromatic N) is 7. The van der Waals surface area contributed by atoms with Crippen molar-refractivity contribution < 1.29 is 51.2 Å². The van der Waals surface area contributed by atoms with Crippen molar-refractivity contribution in [3.63, 3.8) is 0 Å². The van der Waals surface area contributed by atoms with E-state index in [1.807, 2.05) is 0 Å². The van der Waals surface area contributed by atoms with Crippen LogP contribution in [-0.4, -0.2) is 97.7 Å². The molecule has 4 aromatic heterocycles. The zero-order valence-electron chi connectivity index (χ0n) is 22.6. The van der Waals surface area contributed by atoms with E-state index in [-0.39, 0.29) is 40.5 Å². The van der Waals surface area contributed by atoms with Crippen molar-refractivity contribution in [2.75, 3.05) is 24.7 Å². The number of hydrogen-bond donors (Lipinski definition) is 6. The molecular weight excluding hydrogens is 649 g/mol. The van der Waals surface area contributed by atoms with Crippen molar-refractivity contribution in [2.24, 2.45) is 5.92 Å². The molecule has 2 saturated heterocycles. The molecule has 3 aliphatic rings. The Hall–Kier alpha value is -3.43. The maximum Gasteiger partial charge on any atom is 0.472 e. The molecule has 1 saturated carbocycles. The lowest BCUT2D eigenvalue weighted by atomic mass is 10.1. The summed E-state index contributed by atoms with van der Waals surface area (Å²) in [5.41, 5.74) is 11.0. The maximum absolute atomic E-state index is 15.9. The summed E-state index contributed by atoms with van der Waals surface area (Å²) in [6, 6.07) is -0.979. The molecule has 45 heavy (non-hydrogen) atoms.